The van der Waals surface area contributed by atoms with Crippen LogP contribution in [-0.4, -0.2) is 39.3 Å². The van der Waals surface area contributed by atoms with Crippen molar-refractivity contribution in [3.63, 3.8) is 0 Å². The Hall–Kier alpha value is -2.03. The van der Waals surface area contributed by atoms with Crippen molar-refractivity contribution >= 4 is 17.7 Å². The number of halogens is 3. The van der Waals surface area contributed by atoms with E-state index in [0.717, 1.165) is 10.5 Å². The molecule has 1 fully saturated rings. The molecule has 1 unspecified atom stereocenters. The Bertz CT molecular complexity index is 806. The number of likely N-dealkylation sites (tertiary alicyclic amines) is 1. The molecule has 1 aromatic carbocycles. The minimum Gasteiger partial charge on any atom is -0.417 e. The van der Waals surface area contributed by atoms with Crippen molar-refractivity contribution in [1.29, 1.82) is 0 Å². The van der Waals surface area contributed by atoms with Crippen molar-refractivity contribution in [1.82, 2.24) is 15.1 Å². The Kier molecular flexibility index (Phi) is 6.32. The third-order valence-corrected chi connectivity index (χ3v) is 5.47. The molecule has 1 saturated heterocycles. The summed E-state index contributed by atoms with van der Waals surface area (Å²) in [6.07, 6.45) is -3.10. The van der Waals surface area contributed by atoms with Crippen LogP contribution in [0.1, 0.15) is 50.0 Å². The Balaban J connectivity index is 1.60. The van der Waals surface area contributed by atoms with E-state index >= 15 is 0 Å². The van der Waals surface area contributed by atoms with Crippen LogP contribution in [0, 0.1) is 0 Å². The van der Waals surface area contributed by atoms with Crippen LogP contribution < -0.4 is 0 Å². The summed E-state index contributed by atoms with van der Waals surface area (Å²) in [5.41, 5.74) is 0.914. The molecule has 3 rings (SSSR count). The molecule has 2 aromatic rings. The predicted octanol–water partition coefficient (Wildman–Crippen LogP) is 4.54. The molecule has 0 N–H and O–H groups in total. The SMILES string of the molecule is CC(C)Sc1ccc(CC(=O)N2CCCC(c3nnc(C(F)(F)F)o3)C2)cc1. The maximum atomic E-state index is 12.7. The normalized spacial score (nSPS) is 17.9. The van der Waals surface area contributed by atoms with Gasteiger partial charge in [0.25, 0.3) is 0 Å². The van der Waals surface area contributed by atoms with Crippen LogP contribution in [0.3, 0.4) is 0 Å². The van der Waals surface area contributed by atoms with Gasteiger partial charge in [0, 0.05) is 23.2 Å². The van der Waals surface area contributed by atoms with E-state index in [9.17, 15) is 18.0 Å². The fourth-order valence-corrected chi connectivity index (χ4v) is 4.00. The lowest BCUT2D eigenvalue weighted by atomic mass is 9.97. The first-order chi connectivity index (χ1) is 13.2. The minimum atomic E-state index is -4.66. The van der Waals surface area contributed by atoms with Crippen LogP contribution in [-0.2, 0) is 17.4 Å². The molecule has 1 amide bonds. The number of piperidine rings is 1. The van der Waals surface area contributed by atoms with Gasteiger partial charge < -0.3 is 9.32 Å². The Morgan fingerprint density at radius 2 is 2.00 bits per heavy atom. The number of alkyl halides is 3. The zero-order chi connectivity index (χ0) is 20.3. The summed E-state index contributed by atoms with van der Waals surface area (Å²) >= 11 is 1.76. The number of aromatic nitrogens is 2. The zero-order valence-electron chi connectivity index (χ0n) is 15.7. The van der Waals surface area contributed by atoms with Crippen LogP contribution >= 0.6 is 11.8 Å². The first kappa shape index (κ1) is 20.7. The van der Waals surface area contributed by atoms with E-state index in [1.807, 2.05) is 24.3 Å². The largest absolute Gasteiger partial charge is 0.470 e. The van der Waals surface area contributed by atoms with Crippen LogP contribution in [0.2, 0.25) is 0 Å². The molecule has 0 bridgehead atoms. The first-order valence-corrected chi connectivity index (χ1v) is 10.0. The number of rotatable bonds is 5. The van der Waals surface area contributed by atoms with E-state index in [1.54, 1.807) is 16.7 Å². The number of hydrogen-bond donors (Lipinski definition) is 0. The third kappa shape index (κ3) is 5.27. The Morgan fingerprint density at radius 1 is 1.29 bits per heavy atom. The maximum Gasteiger partial charge on any atom is 0.470 e. The highest BCUT2D eigenvalue weighted by Crippen LogP contribution is 2.32. The monoisotopic (exact) mass is 413 g/mol. The highest BCUT2D eigenvalue weighted by Gasteiger charge is 2.39. The lowest BCUT2D eigenvalue weighted by Gasteiger charge is -2.31. The van der Waals surface area contributed by atoms with Gasteiger partial charge in [-0.15, -0.1) is 22.0 Å². The molecular weight excluding hydrogens is 391 g/mol. The summed E-state index contributed by atoms with van der Waals surface area (Å²) in [6, 6.07) is 7.89. The number of benzene rings is 1. The second-order valence-electron chi connectivity index (χ2n) is 7.11. The summed E-state index contributed by atoms with van der Waals surface area (Å²) in [7, 11) is 0. The maximum absolute atomic E-state index is 12.7. The first-order valence-electron chi connectivity index (χ1n) is 9.16. The molecule has 9 heteroatoms. The molecule has 1 aliphatic rings. The van der Waals surface area contributed by atoms with Gasteiger partial charge >= 0.3 is 12.1 Å². The third-order valence-electron chi connectivity index (χ3n) is 4.46. The fourth-order valence-electron chi connectivity index (χ4n) is 3.16. The van der Waals surface area contributed by atoms with Crippen LogP contribution in [0.15, 0.2) is 33.6 Å². The van der Waals surface area contributed by atoms with E-state index in [4.69, 9.17) is 4.42 Å². The number of thioether (sulfide) groups is 1. The summed E-state index contributed by atoms with van der Waals surface area (Å²) in [4.78, 5) is 15.5. The van der Waals surface area contributed by atoms with Gasteiger partial charge in [0.2, 0.25) is 11.8 Å². The molecule has 0 saturated carbocycles. The topological polar surface area (TPSA) is 59.2 Å². The Morgan fingerprint density at radius 3 is 2.61 bits per heavy atom. The van der Waals surface area contributed by atoms with Crippen molar-refractivity contribution in [2.45, 2.75) is 55.3 Å². The van der Waals surface area contributed by atoms with Crippen molar-refractivity contribution in [2.24, 2.45) is 0 Å². The van der Waals surface area contributed by atoms with Gasteiger partial charge in [-0.1, -0.05) is 26.0 Å². The lowest BCUT2D eigenvalue weighted by molar-refractivity contribution is -0.157. The average Bonchev–Trinajstić information content (AvgIpc) is 3.14. The van der Waals surface area contributed by atoms with Crippen LogP contribution in [0.25, 0.3) is 0 Å². The molecule has 1 atom stereocenters. The second-order valence-corrected chi connectivity index (χ2v) is 8.76. The van der Waals surface area contributed by atoms with Crippen LogP contribution in [0.4, 0.5) is 13.2 Å². The highest BCUT2D eigenvalue weighted by molar-refractivity contribution is 7.99. The van der Waals surface area contributed by atoms with E-state index in [2.05, 4.69) is 24.0 Å². The molecule has 1 aromatic heterocycles. The van der Waals surface area contributed by atoms with Crippen molar-refractivity contribution in [3.8, 4) is 0 Å². The predicted molar refractivity (Wildman–Crippen MR) is 99.0 cm³/mol. The van der Waals surface area contributed by atoms with E-state index in [0.29, 0.717) is 31.2 Å². The fraction of sp³-hybridized carbons (Fsp3) is 0.526. The van der Waals surface area contributed by atoms with Gasteiger partial charge in [-0.25, -0.2) is 0 Å². The number of carbonyl (C=O) groups is 1. The standard InChI is InChI=1S/C19H22F3N3O2S/c1-12(2)28-15-7-5-13(6-8-15)10-16(26)25-9-3-4-14(11-25)17-23-24-18(27-17)19(20,21)22/h5-8,12,14H,3-4,9-11H2,1-2H3. The number of nitrogens with zero attached hydrogens (tertiary/aromatic N) is 3. The minimum absolute atomic E-state index is 0.0514. The lowest BCUT2D eigenvalue weighted by Crippen LogP contribution is -2.40. The summed E-state index contributed by atoms with van der Waals surface area (Å²) in [6.45, 7) is 5.11. The van der Waals surface area contributed by atoms with Gasteiger partial charge in [-0.2, -0.15) is 13.2 Å². The average molecular weight is 413 g/mol. The van der Waals surface area contributed by atoms with Gasteiger partial charge in [0.15, 0.2) is 0 Å². The van der Waals surface area contributed by atoms with E-state index in [1.165, 1.54) is 0 Å². The van der Waals surface area contributed by atoms with E-state index in [-0.39, 0.29) is 24.1 Å². The van der Waals surface area contributed by atoms with Gasteiger partial charge in [0.05, 0.1) is 12.3 Å². The molecule has 1 aliphatic heterocycles. The Labute approximate surface area is 165 Å². The van der Waals surface area contributed by atoms with Crippen molar-refractivity contribution in [2.75, 3.05) is 13.1 Å². The van der Waals surface area contributed by atoms with Crippen molar-refractivity contribution < 1.29 is 22.4 Å². The van der Waals surface area contributed by atoms with Gasteiger partial charge in [-0.05, 0) is 30.5 Å². The number of amides is 1. The van der Waals surface area contributed by atoms with Gasteiger partial charge in [0.1, 0.15) is 0 Å². The molecular formula is C19H22F3N3O2S. The molecule has 0 aliphatic carbocycles. The molecule has 5 nitrogen and oxygen atoms in total. The number of carbonyl (C=O) groups excluding carboxylic acids is 1. The van der Waals surface area contributed by atoms with Gasteiger partial charge in [-0.3, -0.25) is 4.79 Å². The zero-order valence-corrected chi connectivity index (χ0v) is 16.5. The van der Waals surface area contributed by atoms with E-state index < -0.39 is 12.1 Å². The molecule has 152 valence electrons. The molecule has 28 heavy (non-hydrogen) atoms. The summed E-state index contributed by atoms with van der Waals surface area (Å²) in [5, 5.41) is 7.11. The molecule has 0 spiro atoms. The number of hydrogen-bond acceptors (Lipinski definition) is 5. The quantitative estimate of drug-likeness (QED) is 0.674. The smallest absolute Gasteiger partial charge is 0.417 e. The summed E-state index contributed by atoms with van der Waals surface area (Å²) in [5.74, 6) is -1.82. The molecule has 2 heterocycles. The second kappa shape index (κ2) is 8.55. The van der Waals surface area contributed by atoms with Crippen molar-refractivity contribution in [3.05, 3.63) is 41.6 Å². The highest BCUT2D eigenvalue weighted by atomic mass is 32.2. The van der Waals surface area contributed by atoms with Crippen LogP contribution in [0.5, 0.6) is 0 Å². The summed E-state index contributed by atoms with van der Waals surface area (Å²) < 4.78 is 42.7. The molecule has 0 radical (unpaired) electrons.